The molecular formula is C22H23ClF2N4O5S2. The molecule has 9 nitrogen and oxygen atoms in total. The molecule has 1 heterocycles. The standard InChI is InChI=1S/C22H23ClF2N4O5S2/c1-22(2,3)34-21(30)29(19-10-35-11-27-19)36(31,32)18-8-14(23)17(9-16(18)25)28-20(26)13-7-12(33-4)5-6-15(13)24/h5-11,20,28H,26H2,1-4H3/t20-/m1/s1. The number of rotatable bonds is 7. The molecule has 3 aromatic rings. The molecule has 0 saturated heterocycles. The number of carbonyl (C=O) groups is 1. The quantitative estimate of drug-likeness (QED) is 0.374. The van der Waals surface area contributed by atoms with Crippen LogP contribution in [0.5, 0.6) is 5.75 Å². The SMILES string of the molecule is COc1ccc(F)c([C@H](N)Nc2cc(F)c(S(=O)(=O)N(C(=O)OC(C)(C)C)c3cscn3)cc2Cl)c1. The van der Waals surface area contributed by atoms with Gasteiger partial charge in [0.25, 0.3) is 10.0 Å². The van der Waals surface area contributed by atoms with Crippen LogP contribution in [0.15, 0.2) is 46.1 Å². The lowest BCUT2D eigenvalue weighted by Crippen LogP contribution is -2.41. The number of aromatic nitrogens is 1. The van der Waals surface area contributed by atoms with Crippen molar-refractivity contribution in [2.45, 2.75) is 37.4 Å². The summed E-state index contributed by atoms with van der Waals surface area (Å²) in [6.07, 6.45) is -2.46. The van der Waals surface area contributed by atoms with E-state index in [1.54, 1.807) is 20.8 Å². The predicted molar refractivity (Wildman–Crippen MR) is 133 cm³/mol. The van der Waals surface area contributed by atoms with E-state index in [1.165, 1.54) is 30.1 Å². The van der Waals surface area contributed by atoms with Crippen molar-refractivity contribution in [1.82, 2.24) is 4.98 Å². The average Bonchev–Trinajstić information content (AvgIpc) is 3.28. The molecule has 1 amide bonds. The number of anilines is 2. The number of halogens is 3. The molecule has 0 fully saturated rings. The van der Waals surface area contributed by atoms with Crippen molar-refractivity contribution in [2.75, 3.05) is 16.7 Å². The van der Waals surface area contributed by atoms with Crippen molar-refractivity contribution in [3.63, 3.8) is 0 Å². The second-order valence-corrected chi connectivity index (χ2v) is 11.2. The summed E-state index contributed by atoms with van der Waals surface area (Å²) in [6.45, 7) is 4.63. The van der Waals surface area contributed by atoms with E-state index in [2.05, 4.69) is 10.3 Å². The van der Waals surface area contributed by atoms with Crippen LogP contribution in [0.25, 0.3) is 0 Å². The van der Waals surface area contributed by atoms with Crippen molar-refractivity contribution < 1.29 is 31.5 Å². The summed E-state index contributed by atoms with van der Waals surface area (Å²) in [5, 5.41) is 3.68. The lowest BCUT2D eigenvalue weighted by Gasteiger charge is -2.26. The molecule has 1 aromatic heterocycles. The van der Waals surface area contributed by atoms with E-state index in [1.807, 2.05) is 0 Å². The fourth-order valence-electron chi connectivity index (χ4n) is 2.99. The minimum Gasteiger partial charge on any atom is -0.497 e. The van der Waals surface area contributed by atoms with Crippen LogP contribution in [0.4, 0.5) is 25.1 Å². The van der Waals surface area contributed by atoms with Gasteiger partial charge in [-0.1, -0.05) is 11.6 Å². The van der Waals surface area contributed by atoms with Gasteiger partial charge in [-0.15, -0.1) is 15.6 Å². The largest absolute Gasteiger partial charge is 0.497 e. The summed E-state index contributed by atoms with van der Waals surface area (Å²) < 4.78 is 66.7. The molecule has 0 aliphatic heterocycles. The zero-order valence-corrected chi connectivity index (χ0v) is 22.0. The molecular weight excluding hydrogens is 538 g/mol. The highest BCUT2D eigenvalue weighted by atomic mass is 35.5. The highest BCUT2D eigenvalue weighted by molar-refractivity contribution is 7.93. The van der Waals surface area contributed by atoms with Crippen LogP contribution < -0.4 is 20.1 Å². The van der Waals surface area contributed by atoms with E-state index >= 15 is 4.39 Å². The Hall–Kier alpha value is -3.00. The highest BCUT2D eigenvalue weighted by Crippen LogP contribution is 2.34. The molecule has 3 rings (SSSR count). The number of hydrogen-bond acceptors (Lipinski definition) is 9. The van der Waals surface area contributed by atoms with Crippen LogP contribution in [-0.2, 0) is 14.8 Å². The number of ether oxygens (including phenoxy) is 2. The Morgan fingerprint density at radius 3 is 2.50 bits per heavy atom. The third-order valence-corrected chi connectivity index (χ3v) is 7.15. The summed E-state index contributed by atoms with van der Waals surface area (Å²) in [6, 6.07) is 5.49. The minimum absolute atomic E-state index is 0.00200. The Labute approximate surface area is 215 Å². The maximum atomic E-state index is 15.2. The number of amides is 1. The number of sulfonamides is 1. The van der Waals surface area contributed by atoms with Gasteiger partial charge in [0.05, 0.1) is 23.3 Å². The Morgan fingerprint density at radius 1 is 1.22 bits per heavy atom. The molecule has 36 heavy (non-hydrogen) atoms. The summed E-state index contributed by atoms with van der Waals surface area (Å²) >= 11 is 7.26. The number of benzene rings is 2. The lowest BCUT2D eigenvalue weighted by atomic mass is 10.1. The van der Waals surface area contributed by atoms with Gasteiger partial charge in [0.1, 0.15) is 34.0 Å². The second kappa shape index (κ2) is 10.5. The second-order valence-electron chi connectivity index (χ2n) is 8.37. The van der Waals surface area contributed by atoms with Crippen LogP contribution in [0.2, 0.25) is 5.02 Å². The first-order valence-corrected chi connectivity index (χ1v) is 13.0. The molecule has 0 aliphatic rings. The van der Waals surface area contributed by atoms with Gasteiger partial charge in [0, 0.05) is 10.9 Å². The van der Waals surface area contributed by atoms with E-state index in [-0.39, 0.29) is 26.4 Å². The van der Waals surface area contributed by atoms with Crippen LogP contribution in [0.1, 0.15) is 32.5 Å². The number of methoxy groups -OCH3 is 1. The van der Waals surface area contributed by atoms with Crippen molar-refractivity contribution in [3.8, 4) is 5.75 Å². The number of hydrogen-bond donors (Lipinski definition) is 2. The first kappa shape index (κ1) is 27.6. The van der Waals surface area contributed by atoms with Crippen molar-refractivity contribution in [1.29, 1.82) is 0 Å². The predicted octanol–water partition coefficient (Wildman–Crippen LogP) is 5.28. The third kappa shape index (κ3) is 6.03. The minimum atomic E-state index is -4.85. The summed E-state index contributed by atoms with van der Waals surface area (Å²) in [5.41, 5.74) is 6.17. The number of nitrogens with zero attached hydrogens (tertiary/aromatic N) is 2. The number of nitrogens with one attached hydrogen (secondary N) is 1. The van der Waals surface area contributed by atoms with E-state index in [0.29, 0.717) is 5.75 Å². The normalized spacial score (nSPS) is 12.7. The Balaban J connectivity index is 1.99. The Bertz CT molecular complexity index is 1370. The van der Waals surface area contributed by atoms with Gasteiger partial charge in [0.2, 0.25) is 0 Å². The molecule has 0 bridgehead atoms. The van der Waals surface area contributed by atoms with Crippen LogP contribution in [-0.4, -0.2) is 32.2 Å². The molecule has 0 radical (unpaired) electrons. The van der Waals surface area contributed by atoms with Crippen LogP contribution in [0, 0.1) is 11.6 Å². The van der Waals surface area contributed by atoms with Crippen molar-refractivity contribution in [3.05, 3.63) is 63.4 Å². The summed E-state index contributed by atoms with van der Waals surface area (Å²) in [5.74, 6) is -1.83. The van der Waals surface area contributed by atoms with Crippen molar-refractivity contribution in [2.24, 2.45) is 5.73 Å². The van der Waals surface area contributed by atoms with Gasteiger partial charge in [-0.25, -0.2) is 27.0 Å². The molecule has 1 atom stereocenters. The van der Waals surface area contributed by atoms with E-state index in [0.717, 1.165) is 29.5 Å². The number of carbonyl (C=O) groups excluding carboxylic acids is 1. The number of thiazole rings is 1. The third-order valence-electron chi connectivity index (χ3n) is 4.58. The zero-order chi connectivity index (χ0) is 26.8. The zero-order valence-electron chi connectivity index (χ0n) is 19.6. The average molecular weight is 561 g/mol. The molecule has 3 N–H and O–H groups in total. The Morgan fingerprint density at radius 2 is 1.92 bits per heavy atom. The topological polar surface area (TPSA) is 124 Å². The smallest absolute Gasteiger partial charge is 0.430 e. The van der Waals surface area contributed by atoms with Gasteiger partial charge >= 0.3 is 6.09 Å². The molecule has 14 heteroatoms. The summed E-state index contributed by atoms with van der Waals surface area (Å²) in [7, 11) is -3.46. The molecule has 0 unspecified atom stereocenters. The van der Waals surface area contributed by atoms with Gasteiger partial charge in [-0.05, 0) is 51.1 Å². The molecule has 0 saturated carbocycles. The fourth-order valence-corrected chi connectivity index (χ4v) is 5.21. The van der Waals surface area contributed by atoms with Crippen LogP contribution in [0.3, 0.4) is 0 Å². The maximum Gasteiger partial charge on any atom is 0.430 e. The van der Waals surface area contributed by atoms with Gasteiger partial charge in [-0.2, -0.15) is 0 Å². The van der Waals surface area contributed by atoms with Gasteiger partial charge in [-0.3, -0.25) is 0 Å². The fraction of sp³-hybridized carbons (Fsp3) is 0.273. The van der Waals surface area contributed by atoms with Crippen molar-refractivity contribution >= 4 is 50.6 Å². The van der Waals surface area contributed by atoms with Crippen LogP contribution >= 0.6 is 22.9 Å². The van der Waals surface area contributed by atoms with E-state index in [9.17, 15) is 17.6 Å². The van der Waals surface area contributed by atoms with Gasteiger partial charge < -0.3 is 20.5 Å². The molecule has 194 valence electrons. The van der Waals surface area contributed by atoms with E-state index in [4.69, 9.17) is 26.8 Å². The Kier molecular flexibility index (Phi) is 8.08. The molecule has 0 spiro atoms. The summed E-state index contributed by atoms with van der Waals surface area (Å²) in [4.78, 5) is 15.7. The molecule has 2 aromatic carbocycles. The first-order chi connectivity index (χ1) is 16.7. The number of nitrogens with two attached hydrogens (primary N) is 1. The van der Waals surface area contributed by atoms with E-state index < -0.39 is 44.4 Å². The lowest BCUT2D eigenvalue weighted by molar-refractivity contribution is 0.0608. The monoisotopic (exact) mass is 560 g/mol. The highest BCUT2D eigenvalue weighted by Gasteiger charge is 2.38. The molecule has 0 aliphatic carbocycles. The van der Waals surface area contributed by atoms with Gasteiger partial charge in [0.15, 0.2) is 5.82 Å². The maximum absolute atomic E-state index is 15.2. The first-order valence-electron chi connectivity index (χ1n) is 10.3.